The summed E-state index contributed by atoms with van der Waals surface area (Å²) in [4.78, 5) is 14.6. The molecule has 0 radical (unpaired) electrons. The van der Waals surface area contributed by atoms with E-state index in [4.69, 9.17) is 21.7 Å². The molecule has 2 heterocycles. The molecule has 4 nitrogen and oxygen atoms in total. The molecule has 2 aliphatic rings. The van der Waals surface area contributed by atoms with E-state index in [2.05, 4.69) is 13.0 Å². The zero-order chi connectivity index (χ0) is 15.7. The molecule has 2 aliphatic heterocycles. The predicted octanol–water partition coefficient (Wildman–Crippen LogP) is 2.86. The summed E-state index contributed by atoms with van der Waals surface area (Å²) in [6.45, 7) is 3.03. The minimum absolute atomic E-state index is 0.0443. The molecule has 1 aromatic rings. The number of carbonyl (C=O) groups excluding carboxylic acids is 1. The maximum absolute atomic E-state index is 12.4. The van der Waals surface area contributed by atoms with Crippen LogP contribution in [0.2, 0.25) is 0 Å². The average molecular weight is 335 g/mol. The van der Waals surface area contributed by atoms with Gasteiger partial charge in [0.1, 0.15) is 16.2 Å². The van der Waals surface area contributed by atoms with Crippen LogP contribution in [-0.2, 0) is 16.0 Å². The molecule has 1 fully saturated rings. The largest absolute Gasteiger partial charge is 0.490 e. The van der Waals surface area contributed by atoms with Gasteiger partial charge in [-0.2, -0.15) is 0 Å². The fourth-order valence-electron chi connectivity index (χ4n) is 2.56. The van der Waals surface area contributed by atoms with E-state index in [9.17, 15) is 4.79 Å². The summed E-state index contributed by atoms with van der Waals surface area (Å²) >= 11 is 6.61. The van der Waals surface area contributed by atoms with Crippen molar-refractivity contribution in [2.24, 2.45) is 0 Å². The Morgan fingerprint density at radius 1 is 1.55 bits per heavy atom. The Morgan fingerprint density at radius 2 is 2.36 bits per heavy atom. The molecule has 0 aliphatic carbocycles. The van der Waals surface area contributed by atoms with Gasteiger partial charge in [-0.3, -0.25) is 9.69 Å². The molecule has 116 valence electrons. The predicted molar refractivity (Wildman–Crippen MR) is 92.0 cm³/mol. The van der Waals surface area contributed by atoms with Gasteiger partial charge in [0.25, 0.3) is 5.91 Å². The van der Waals surface area contributed by atoms with Crippen LogP contribution in [0.5, 0.6) is 5.75 Å². The van der Waals surface area contributed by atoms with Gasteiger partial charge in [-0.1, -0.05) is 30.0 Å². The lowest BCUT2D eigenvalue weighted by Gasteiger charge is -2.12. The first-order valence-corrected chi connectivity index (χ1v) is 8.35. The highest BCUT2D eigenvalue weighted by atomic mass is 32.2. The van der Waals surface area contributed by atoms with Gasteiger partial charge < -0.3 is 9.47 Å². The number of ether oxygens (including phenoxy) is 2. The van der Waals surface area contributed by atoms with Crippen molar-refractivity contribution >= 4 is 40.3 Å². The van der Waals surface area contributed by atoms with E-state index >= 15 is 0 Å². The number of hydrogen-bond donors (Lipinski definition) is 0. The number of thioether (sulfide) groups is 1. The minimum atomic E-state index is -0.0443. The second kappa shape index (κ2) is 6.40. The molecule has 6 heteroatoms. The van der Waals surface area contributed by atoms with E-state index in [0.717, 1.165) is 17.7 Å². The standard InChI is InChI=1S/C16H17NO3S2/c1-10-7-12-8-11(3-4-13(12)20-10)9-14-15(18)17(5-6-19-2)16(21)22-14/h3-4,8-10H,5-7H2,1-2H3/b14-9-/t10-/m1/s1. The fraction of sp³-hybridized carbons (Fsp3) is 0.375. The topological polar surface area (TPSA) is 38.8 Å². The third-order valence-corrected chi connectivity index (χ3v) is 4.99. The Balaban J connectivity index is 1.80. The van der Waals surface area contributed by atoms with Crippen molar-refractivity contribution in [1.82, 2.24) is 4.90 Å². The Morgan fingerprint density at radius 3 is 3.14 bits per heavy atom. The number of amides is 1. The second-order valence-corrected chi connectivity index (χ2v) is 7.00. The molecular formula is C16H17NO3S2. The summed E-state index contributed by atoms with van der Waals surface area (Å²) in [5.74, 6) is 0.898. The molecule has 1 saturated heterocycles. The van der Waals surface area contributed by atoms with Gasteiger partial charge in [0, 0.05) is 13.5 Å². The van der Waals surface area contributed by atoms with E-state index in [-0.39, 0.29) is 12.0 Å². The highest BCUT2D eigenvalue weighted by Crippen LogP contribution is 2.34. The summed E-state index contributed by atoms with van der Waals surface area (Å²) in [5.41, 5.74) is 2.19. The number of carbonyl (C=O) groups is 1. The van der Waals surface area contributed by atoms with Crippen LogP contribution in [0, 0.1) is 0 Å². The zero-order valence-corrected chi connectivity index (χ0v) is 14.1. The fourth-order valence-corrected chi connectivity index (χ4v) is 3.87. The van der Waals surface area contributed by atoms with Crippen LogP contribution in [0.25, 0.3) is 6.08 Å². The van der Waals surface area contributed by atoms with E-state index in [0.29, 0.717) is 22.4 Å². The quantitative estimate of drug-likeness (QED) is 0.625. The number of thiocarbonyl (C=S) groups is 1. The lowest BCUT2D eigenvalue weighted by atomic mass is 10.1. The van der Waals surface area contributed by atoms with E-state index in [1.54, 1.807) is 12.0 Å². The summed E-state index contributed by atoms with van der Waals surface area (Å²) in [6, 6.07) is 6.02. The SMILES string of the molecule is COCCN1C(=O)/C(=C/c2ccc3c(c2)C[C@@H](C)O3)SC1=S. The lowest BCUT2D eigenvalue weighted by Crippen LogP contribution is -2.31. The third kappa shape index (κ3) is 3.04. The van der Waals surface area contributed by atoms with Crippen LogP contribution in [0.15, 0.2) is 23.1 Å². The molecule has 0 spiro atoms. The molecule has 3 rings (SSSR count). The monoisotopic (exact) mass is 335 g/mol. The molecule has 0 unspecified atom stereocenters. The van der Waals surface area contributed by atoms with Crippen molar-refractivity contribution < 1.29 is 14.3 Å². The highest BCUT2D eigenvalue weighted by molar-refractivity contribution is 8.26. The number of rotatable bonds is 4. The van der Waals surface area contributed by atoms with Crippen molar-refractivity contribution in [1.29, 1.82) is 0 Å². The van der Waals surface area contributed by atoms with Crippen molar-refractivity contribution in [3.63, 3.8) is 0 Å². The summed E-state index contributed by atoms with van der Waals surface area (Å²) in [5, 5.41) is 0. The lowest BCUT2D eigenvalue weighted by molar-refractivity contribution is -0.122. The number of nitrogens with zero attached hydrogens (tertiary/aromatic N) is 1. The van der Waals surface area contributed by atoms with Gasteiger partial charge in [0.2, 0.25) is 0 Å². The van der Waals surface area contributed by atoms with Crippen molar-refractivity contribution in [2.45, 2.75) is 19.4 Å². The smallest absolute Gasteiger partial charge is 0.266 e. The van der Waals surface area contributed by atoms with Crippen molar-refractivity contribution in [3.05, 3.63) is 34.2 Å². The molecule has 1 amide bonds. The van der Waals surface area contributed by atoms with Crippen molar-refractivity contribution in [3.8, 4) is 5.75 Å². The Hall–Kier alpha value is -1.37. The first-order chi connectivity index (χ1) is 10.6. The molecule has 0 N–H and O–H groups in total. The van der Waals surface area contributed by atoms with Gasteiger partial charge in [-0.25, -0.2) is 0 Å². The van der Waals surface area contributed by atoms with Crippen LogP contribution >= 0.6 is 24.0 Å². The van der Waals surface area contributed by atoms with E-state index < -0.39 is 0 Å². The van der Waals surface area contributed by atoms with E-state index in [1.165, 1.54) is 17.3 Å². The zero-order valence-electron chi connectivity index (χ0n) is 12.5. The van der Waals surface area contributed by atoms with Crippen molar-refractivity contribution in [2.75, 3.05) is 20.3 Å². The van der Waals surface area contributed by atoms with Gasteiger partial charge in [-0.05, 0) is 36.3 Å². The molecular weight excluding hydrogens is 318 g/mol. The Kier molecular flexibility index (Phi) is 4.52. The number of hydrogen-bond acceptors (Lipinski definition) is 5. The average Bonchev–Trinajstić information content (AvgIpc) is 2.97. The summed E-state index contributed by atoms with van der Waals surface area (Å²) in [7, 11) is 1.61. The molecule has 1 aromatic carbocycles. The molecule has 1 atom stereocenters. The minimum Gasteiger partial charge on any atom is -0.490 e. The maximum Gasteiger partial charge on any atom is 0.266 e. The van der Waals surface area contributed by atoms with E-state index in [1.807, 2.05) is 18.2 Å². The highest BCUT2D eigenvalue weighted by Gasteiger charge is 2.31. The maximum atomic E-state index is 12.4. The van der Waals surface area contributed by atoms with Gasteiger partial charge in [0.05, 0.1) is 18.1 Å². The summed E-state index contributed by atoms with van der Waals surface area (Å²) in [6.07, 6.45) is 3.03. The summed E-state index contributed by atoms with van der Waals surface area (Å²) < 4.78 is 11.3. The normalized spacial score (nSPS) is 22.4. The Labute approximate surface area is 139 Å². The van der Waals surface area contributed by atoms with Crippen LogP contribution < -0.4 is 4.74 Å². The van der Waals surface area contributed by atoms with Gasteiger partial charge >= 0.3 is 0 Å². The molecule has 0 saturated carbocycles. The van der Waals surface area contributed by atoms with Crippen LogP contribution in [0.4, 0.5) is 0 Å². The Bertz CT molecular complexity index is 657. The van der Waals surface area contributed by atoms with Crippen LogP contribution in [-0.4, -0.2) is 41.5 Å². The third-order valence-electron chi connectivity index (χ3n) is 3.61. The number of methoxy groups -OCH3 is 1. The van der Waals surface area contributed by atoms with Gasteiger partial charge in [-0.15, -0.1) is 0 Å². The van der Waals surface area contributed by atoms with Crippen LogP contribution in [0.1, 0.15) is 18.1 Å². The van der Waals surface area contributed by atoms with Crippen LogP contribution in [0.3, 0.4) is 0 Å². The number of benzene rings is 1. The molecule has 0 aromatic heterocycles. The molecule has 22 heavy (non-hydrogen) atoms. The first-order valence-electron chi connectivity index (χ1n) is 7.12. The number of fused-ring (bicyclic) bond motifs is 1. The second-order valence-electron chi connectivity index (χ2n) is 5.33. The molecule has 0 bridgehead atoms. The van der Waals surface area contributed by atoms with Gasteiger partial charge in [0.15, 0.2) is 0 Å². The first kappa shape index (κ1) is 15.5.